The van der Waals surface area contributed by atoms with Gasteiger partial charge in [0.15, 0.2) is 0 Å². The summed E-state index contributed by atoms with van der Waals surface area (Å²) in [6.07, 6.45) is 0.929. The summed E-state index contributed by atoms with van der Waals surface area (Å²) in [6, 6.07) is 0. The monoisotopic (exact) mass is 191 g/mol. The highest BCUT2D eigenvalue weighted by Gasteiger charge is 2.27. The van der Waals surface area contributed by atoms with E-state index in [-0.39, 0.29) is 11.4 Å². The Kier molecular flexibility index (Phi) is 4.04. The van der Waals surface area contributed by atoms with Crippen LogP contribution < -0.4 is 0 Å². The van der Waals surface area contributed by atoms with Crippen molar-refractivity contribution in [3.05, 3.63) is 0 Å². The Morgan fingerprint density at radius 1 is 1.58 bits per heavy atom. The average Bonchev–Trinajstić information content (AvgIpc) is 2.01. The molecule has 0 aromatic carbocycles. The van der Waals surface area contributed by atoms with Crippen LogP contribution in [0.5, 0.6) is 0 Å². The van der Waals surface area contributed by atoms with E-state index in [0.717, 1.165) is 6.42 Å². The van der Waals surface area contributed by atoms with Gasteiger partial charge in [0.2, 0.25) is 5.91 Å². The Morgan fingerprint density at radius 3 is 2.25 bits per heavy atom. The summed E-state index contributed by atoms with van der Waals surface area (Å²) in [5, 5.41) is -0.430. The van der Waals surface area contributed by atoms with Gasteiger partial charge in [0, 0.05) is 12.6 Å². The predicted octanol–water partition coefficient (Wildman–Crippen LogP) is 2.26. The molecule has 0 fully saturated rings. The molecule has 0 saturated carbocycles. The minimum absolute atomic E-state index is 0.0106. The number of rotatable bonds is 3. The average molecular weight is 192 g/mol. The van der Waals surface area contributed by atoms with Crippen LogP contribution in [0.1, 0.15) is 34.1 Å². The van der Waals surface area contributed by atoms with Crippen molar-refractivity contribution in [3.63, 3.8) is 0 Å². The van der Waals surface area contributed by atoms with Crippen molar-refractivity contribution in [3.8, 4) is 0 Å². The lowest BCUT2D eigenvalue weighted by Crippen LogP contribution is -2.47. The lowest BCUT2D eigenvalue weighted by Gasteiger charge is -2.35. The first-order chi connectivity index (χ1) is 5.33. The zero-order valence-electron chi connectivity index (χ0n) is 8.52. The lowest BCUT2D eigenvalue weighted by molar-refractivity contribution is -0.134. The Balaban J connectivity index is 4.38. The molecule has 0 N–H and O–H groups in total. The van der Waals surface area contributed by atoms with Crippen molar-refractivity contribution in [2.45, 2.75) is 45.0 Å². The maximum atomic E-state index is 11.4. The summed E-state index contributed by atoms with van der Waals surface area (Å²) in [5.41, 5.74) is -0.0970. The number of nitrogens with zero attached hydrogens (tertiary/aromatic N) is 1. The molecule has 0 rings (SSSR count). The molecule has 0 saturated heterocycles. The van der Waals surface area contributed by atoms with Gasteiger partial charge >= 0.3 is 0 Å². The number of amides is 1. The third-order valence-electron chi connectivity index (χ3n) is 2.44. The fourth-order valence-electron chi connectivity index (χ4n) is 0.802. The van der Waals surface area contributed by atoms with Crippen LogP contribution in [0.4, 0.5) is 0 Å². The topological polar surface area (TPSA) is 20.3 Å². The number of hydrogen-bond acceptors (Lipinski definition) is 1. The van der Waals surface area contributed by atoms with Crippen molar-refractivity contribution in [2.24, 2.45) is 0 Å². The van der Waals surface area contributed by atoms with Gasteiger partial charge in [-0.15, -0.1) is 11.6 Å². The summed E-state index contributed by atoms with van der Waals surface area (Å²) in [5.74, 6) is -0.0106. The van der Waals surface area contributed by atoms with Crippen LogP contribution in [-0.2, 0) is 4.79 Å². The quantitative estimate of drug-likeness (QED) is 0.627. The van der Waals surface area contributed by atoms with E-state index in [0.29, 0.717) is 0 Å². The number of hydrogen-bond donors (Lipinski definition) is 0. The summed E-state index contributed by atoms with van der Waals surface area (Å²) >= 11 is 5.69. The molecule has 1 atom stereocenters. The minimum atomic E-state index is -0.430. The zero-order chi connectivity index (χ0) is 9.94. The number of carbonyl (C=O) groups is 1. The fraction of sp³-hybridized carbons (Fsp3) is 0.889. The normalized spacial score (nSPS) is 14.2. The van der Waals surface area contributed by atoms with Crippen LogP contribution >= 0.6 is 11.6 Å². The largest absolute Gasteiger partial charge is 0.339 e. The van der Waals surface area contributed by atoms with Gasteiger partial charge in [-0.25, -0.2) is 0 Å². The molecule has 0 aromatic rings. The molecular formula is C9H18ClNO. The third-order valence-corrected chi connectivity index (χ3v) is 2.63. The van der Waals surface area contributed by atoms with Gasteiger partial charge in [-0.3, -0.25) is 4.79 Å². The highest BCUT2D eigenvalue weighted by Crippen LogP contribution is 2.18. The maximum absolute atomic E-state index is 11.4. The maximum Gasteiger partial charge on any atom is 0.240 e. The van der Waals surface area contributed by atoms with E-state index in [1.807, 2.05) is 13.8 Å². The summed E-state index contributed by atoms with van der Waals surface area (Å²) in [7, 11) is 1.80. The highest BCUT2D eigenvalue weighted by molar-refractivity contribution is 6.30. The molecule has 1 unspecified atom stereocenters. The first-order valence-electron chi connectivity index (χ1n) is 4.24. The molecule has 12 heavy (non-hydrogen) atoms. The van der Waals surface area contributed by atoms with Crippen molar-refractivity contribution >= 4 is 17.5 Å². The molecule has 0 bridgehead atoms. The van der Waals surface area contributed by atoms with E-state index in [1.54, 1.807) is 18.9 Å². The molecule has 1 amide bonds. The van der Waals surface area contributed by atoms with E-state index in [4.69, 9.17) is 11.6 Å². The summed E-state index contributed by atoms with van der Waals surface area (Å²) in [6.45, 7) is 7.82. The van der Waals surface area contributed by atoms with Crippen molar-refractivity contribution in [2.75, 3.05) is 7.05 Å². The van der Waals surface area contributed by atoms with Crippen LogP contribution in [0.25, 0.3) is 0 Å². The number of halogens is 1. The second-order valence-electron chi connectivity index (χ2n) is 3.68. The van der Waals surface area contributed by atoms with Crippen molar-refractivity contribution in [1.82, 2.24) is 4.90 Å². The van der Waals surface area contributed by atoms with E-state index in [1.165, 1.54) is 0 Å². The van der Waals surface area contributed by atoms with Crippen molar-refractivity contribution in [1.29, 1.82) is 0 Å². The van der Waals surface area contributed by atoms with Gasteiger partial charge in [0.1, 0.15) is 5.38 Å². The standard InChI is InChI=1S/C9H18ClNO/c1-6-9(3,4)11(5)8(12)7(2)10/h7H,6H2,1-5H3. The van der Waals surface area contributed by atoms with Gasteiger partial charge < -0.3 is 4.90 Å². The van der Waals surface area contributed by atoms with Gasteiger partial charge in [0.05, 0.1) is 0 Å². The van der Waals surface area contributed by atoms with Crippen LogP contribution in [0.3, 0.4) is 0 Å². The molecule has 72 valence electrons. The van der Waals surface area contributed by atoms with Crippen molar-refractivity contribution < 1.29 is 4.79 Å². The highest BCUT2D eigenvalue weighted by atomic mass is 35.5. The molecule has 0 aliphatic carbocycles. The van der Waals surface area contributed by atoms with Gasteiger partial charge in [-0.2, -0.15) is 0 Å². The van der Waals surface area contributed by atoms with Crippen LogP contribution in [0, 0.1) is 0 Å². The molecule has 3 heteroatoms. The lowest BCUT2D eigenvalue weighted by atomic mass is 10.00. The minimum Gasteiger partial charge on any atom is -0.339 e. The van der Waals surface area contributed by atoms with E-state index < -0.39 is 5.38 Å². The second kappa shape index (κ2) is 4.13. The smallest absolute Gasteiger partial charge is 0.240 e. The molecular weight excluding hydrogens is 174 g/mol. The Labute approximate surface area is 79.9 Å². The van der Waals surface area contributed by atoms with E-state index in [9.17, 15) is 4.79 Å². The van der Waals surface area contributed by atoms with Crippen LogP contribution in [0.15, 0.2) is 0 Å². The second-order valence-corrected chi connectivity index (χ2v) is 4.33. The Hall–Kier alpha value is -0.240. The van der Waals surface area contributed by atoms with Gasteiger partial charge in [-0.05, 0) is 27.2 Å². The van der Waals surface area contributed by atoms with Crippen LogP contribution in [-0.4, -0.2) is 28.8 Å². The first kappa shape index (κ1) is 11.8. The molecule has 0 aliphatic heterocycles. The molecule has 0 radical (unpaired) electrons. The van der Waals surface area contributed by atoms with Crippen LogP contribution in [0.2, 0.25) is 0 Å². The molecule has 0 heterocycles. The number of carbonyl (C=O) groups excluding carboxylic acids is 1. The summed E-state index contributed by atoms with van der Waals surface area (Å²) in [4.78, 5) is 13.2. The Morgan fingerprint density at radius 2 is 2.00 bits per heavy atom. The Bertz CT molecular complexity index is 166. The molecule has 2 nitrogen and oxygen atoms in total. The predicted molar refractivity (Wildman–Crippen MR) is 52.5 cm³/mol. The SMILES string of the molecule is CCC(C)(C)N(C)C(=O)C(C)Cl. The number of alkyl halides is 1. The first-order valence-corrected chi connectivity index (χ1v) is 4.68. The molecule has 0 aliphatic rings. The fourth-order valence-corrected chi connectivity index (χ4v) is 0.949. The summed E-state index contributed by atoms with van der Waals surface area (Å²) < 4.78 is 0. The zero-order valence-corrected chi connectivity index (χ0v) is 9.27. The molecule has 0 spiro atoms. The van der Waals surface area contributed by atoms with Gasteiger partial charge in [-0.1, -0.05) is 6.92 Å². The van der Waals surface area contributed by atoms with E-state index in [2.05, 4.69) is 6.92 Å². The van der Waals surface area contributed by atoms with E-state index >= 15 is 0 Å². The molecule has 0 aromatic heterocycles. The van der Waals surface area contributed by atoms with Gasteiger partial charge in [0.25, 0.3) is 0 Å². The third kappa shape index (κ3) is 2.67.